The van der Waals surface area contributed by atoms with Crippen molar-refractivity contribution in [2.75, 3.05) is 6.54 Å². The number of hydrogen-bond donors (Lipinski definition) is 1. The third-order valence-corrected chi connectivity index (χ3v) is 2.42. The number of likely N-dealkylation sites (tertiary alicyclic amines) is 1. The van der Waals surface area contributed by atoms with Crippen LogP contribution in [0, 0.1) is 5.92 Å². The second-order valence-electron chi connectivity index (χ2n) is 3.71. The van der Waals surface area contributed by atoms with Crippen LogP contribution in [0.5, 0.6) is 0 Å². The van der Waals surface area contributed by atoms with E-state index in [4.69, 9.17) is 5.11 Å². The molecule has 4 nitrogen and oxygen atoms in total. The molecule has 0 unspecified atom stereocenters. The van der Waals surface area contributed by atoms with Crippen molar-refractivity contribution in [1.82, 2.24) is 4.90 Å². The third kappa shape index (κ3) is 2.20. The van der Waals surface area contributed by atoms with Gasteiger partial charge >= 0.3 is 5.97 Å². The molecular weight excluding hydrogens is 170 g/mol. The van der Waals surface area contributed by atoms with Gasteiger partial charge in [0.05, 0.1) is 5.92 Å². The van der Waals surface area contributed by atoms with Crippen molar-refractivity contribution in [1.29, 1.82) is 0 Å². The largest absolute Gasteiger partial charge is 0.481 e. The van der Waals surface area contributed by atoms with Gasteiger partial charge in [-0.2, -0.15) is 0 Å². The molecule has 1 saturated heterocycles. The van der Waals surface area contributed by atoms with Gasteiger partial charge in [0.2, 0.25) is 5.91 Å². The molecule has 1 amide bonds. The van der Waals surface area contributed by atoms with Crippen molar-refractivity contribution in [3.63, 3.8) is 0 Å². The zero-order chi connectivity index (χ0) is 10.0. The number of rotatable bonds is 2. The second kappa shape index (κ2) is 3.77. The predicted octanol–water partition coefficient (Wildman–Crippen LogP) is 0.718. The molecule has 1 fully saturated rings. The first kappa shape index (κ1) is 10.0. The molecule has 1 aliphatic heterocycles. The Labute approximate surface area is 77.5 Å². The number of carboxylic acids is 1. The van der Waals surface area contributed by atoms with Gasteiger partial charge in [-0.15, -0.1) is 0 Å². The fourth-order valence-corrected chi connectivity index (χ4v) is 1.57. The van der Waals surface area contributed by atoms with Gasteiger partial charge in [0, 0.05) is 19.0 Å². The molecule has 1 aliphatic rings. The molecule has 4 heteroatoms. The van der Waals surface area contributed by atoms with Gasteiger partial charge in [-0.1, -0.05) is 0 Å². The van der Waals surface area contributed by atoms with Gasteiger partial charge in [0.15, 0.2) is 0 Å². The first-order valence-electron chi connectivity index (χ1n) is 4.54. The van der Waals surface area contributed by atoms with Crippen molar-refractivity contribution in [3.05, 3.63) is 0 Å². The van der Waals surface area contributed by atoms with Crippen LogP contribution in [0.2, 0.25) is 0 Å². The molecule has 0 radical (unpaired) electrons. The summed E-state index contributed by atoms with van der Waals surface area (Å²) >= 11 is 0. The van der Waals surface area contributed by atoms with Gasteiger partial charge in [-0.3, -0.25) is 9.59 Å². The van der Waals surface area contributed by atoms with Crippen molar-refractivity contribution in [2.24, 2.45) is 5.92 Å². The number of carbonyl (C=O) groups is 2. The summed E-state index contributed by atoms with van der Waals surface area (Å²) in [4.78, 5) is 23.7. The van der Waals surface area contributed by atoms with Crippen molar-refractivity contribution in [3.8, 4) is 0 Å². The van der Waals surface area contributed by atoms with Crippen LogP contribution in [0.4, 0.5) is 0 Å². The van der Waals surface area contributed by atoms with Crippen LogP contribution < -0.4 is 0 Å². The third-order valence-electron chi connectivity index (χ3n) is 2.42. The smallest absolute Gasteiger partial charge is 0.308 e. The molecule has 1 atom stereocenters. The van der Waals surface area contributed by atoms with Crippen LogP contribution >= 0.6 is 0 Å². The molecule has 0 aliphatic carbocycles. The highest BCUT2D eigenvalue weighted by Gasteiger charge is 2.30. The minimum absolute atomic E-state index is 0.0764. The summed E-state index contributed by atoms with van der Waals surface area (Å²) in [5, 5.41) is 8.79. The summed E-state index contributed by atoms with van der Waals surface area (Å²) in [6, 6.07) is 0.106. The van der Waals surface area contributed by atoms with Gasteiger partial charge in [-0.25, -0.2) is 0 Å². The maximum atomic E-state index is 11.3. The summed E-state index contributed by atoms with van der Waals surface area (Å²) in [6.07, 6.45) is 0.854. The topological polar surface area (TPSA) is 57.6 Å². The lowest BCUT2D eigenvalue weighted by Crippen LogP contribution is -2.46. The van der Waals surface area contributed by atoms with E-state index in [0.717, 1.165) is 0 Å². The maximum absolute atomic E-state index is 11.3. The first-order chi connectivity index (χ1) is 6.02. The second-order valence-corrected chi connectivity index (χ2v) is 3.71. The summed E-state index contributed by atoms with van der Waals surface area (Å²) in [7, 11) is 0. The lowest BCUT2D eigenvalue weighted by Gasteiger charge is -2.33. The Kier molecular flexibility index (Phi) is 2.90. The van der Waals surface area contributed by atoms with Gasteiger partial charge in [-0.05, 0) is 20.3 Å². The highest BCUT2D eigenvalue weighted by Crippen LogP contribution is 2.19. The minimum Gasteiger partial charge on any atom is -0.481 e. The van der Waals surface area contributed by atoms with E-state index in [2.05, 4.69) is 0 Å². The normalized spacial score (nSPS) is 23.8. The van der Waals surface area contributed by atoms with Crippen LogP contribution in [-0.2, 0) is 9.59 Å². The number of amides is 1. The highest BCUT2D eigenvalue weighted by molar-refractivity contribution is 5.80. The van der Waals surface area contributed by atoms with E-state index in [1.54, 1.807) is 4.90 Å². The van der Waals surface area contributed by atoms with Gasteiger partial charge in [0.1, 0.15) is 0 Å². The summed E-state index contributed by atoms with van der Waals surface area (Å²) < 4.78 is 0. The monoisotopic (exact) mass is 185 g/mol. The molecular formula is C9H15NO3. The fraction of sp³-hybridized carbons (Fsp3) is 0.778. The Hall–Kier alpha value is -1.06. The fourth-order valence-electron chi connectivity index (χ4n) is 1.57. The highest BCUT2D eigenvalue weighted by atomic mass is 16.4. The first-order valence-corrected chi connectivity index (χ1v) is 4.54. The average Bonchev–Trinajstić information content (AvgIpc) is 2.04. The summed E-state index contributed by atoms with van der Waals surface area (Å²) in [5.74, 6) is -1.09. The Morgan fingerprint density at radius 3 is 2.69 bits per heavy atom. The number of aliphatic carboxylic acids is 1. The van der Waals surface area contributed by atoms with Crippen LogP contribution in [0.25, 0.3) is 0 Å². The van der Waals surface area contributed by atoms with E-state index in [0.29, 0.717) is 19.4 Å². The molecule has 1 N–H and O–H groups in total. The Morgan fingerprint density at radius 2 is 2.23 bits per heavy atom. The van der Waals surface area contributed by atoms with Crippen LogP contribution in [0.1, 0.15) is 26.7 Å². The van der Waals surface area contributed by atoms with Crippen LogP contribution in [-0.4, -0.2) is 34.5 Å². The lowest BCUT2D eigenvalue weighted by molar-refractivity contribution is -0.148. The standard InChI is InChI=1S/C9H15NO3/c1-6(2)10-5-7(9(12)13)3-4-8(10)11/h6-7H,3-5H2,1-2H3,(H,12,13)/t7-/m1/s1. The number of nitrogens with zero attached hydrogens (tertiary/aromatic N) is 1. The summed E-state index contributed by atoms with van der Waals surface area (Å²) in [6.45, 7) is 4.18. The average molecular weight is 185 g/mol. The molecule has 0 spiro atoms. The molecule has 0 aromatic carbocycles. The summed E-state index contributed by atoms with van der Waals surface area (Å²) in [5.41, 5.74) is 0. The van der Waals surface area contributed by atoms with E-state index in [9.17, 15) is 9.59 Å². The van der Waals surface area contributed by atoms with Gasteiger partial charge in [0.25, 0.3) is 0 Å². The number of carbonyl (C=O) groups excluding carboxylic acids is 1. The zero-order valence-electron chi connectivity index (χ0n) is 7.99. The molecule has 0 aromatic heterocycles. The Morgan fingerprint density at radius 1 is 1.62 bits per heavy atom. The SMILES string of the molecule is CC(C)N1C[C@H](C(=O)O)CCC1=O. The molecule has 0 aromatic rings. The van der Waals surface area contributed by atoms with Crippen molar-refractivity contribution >= 4 is 11.9 Å². The molecule has 13 heavy (non-hydrogen) atoms. The Balaban J connectivity index is 2.63. The number of piperidine rings is 1. The molecule has 0 saturated carbocycles. The van der Waals surface area contributed by atoms with Gasteiger partial charge < -0.3 is 10.0 Å². The zero-order valence-corrected chi connectivity index (χ0v) is 7.99. The number of hydrogen-bond acceptors (Lipinski definition) is 2. The lowest BCUT2D eigenvalue weighted by atomic mass is 9.97. The van der Waals surface area contributed by atoms with Crippen molar-refractivity contribution < 1.29 is 14.7 Å². The molecule has 1 heterocycles. The number of carboxylic acid groups (broad SMARTS) is 1. The van der Waals surface area contributed by atoms with E-state index < -0.39 is 5.97 Å². The van der Waals surface area contributed by atoms with E-state index in [1.807, 2.05) is 13.8 Å². The Bertz CT molecular complexity index is 225. The van der Waals surface area contributed by atoms with E-state index >= 15 is 0 Å². The predicted molar refractivity (Wildman–Crippen MR) is 47.2 cm³/mol. The van der Waals surface area contributed by atoms with Crippen LogP contribution in [0.15, 0.2) is 0 Å². The van der Waals surface area contributed by atoms with Crippen LogP contribution in [0.3, 0.4) is 0 Å². The van der Waals surface area contributed by atoms with E-state index in [-0.39, 0.29) is 17.9 Å². The van der Waals surface area contributed by atoms with E-state index in [1.165, 1.54) is 0 Å². The quantitative estimate of drug-likeness (QED) is 0.689. The van der Waals surface area contributed by atoms with Crippen molar-refractivity contribution in [2.45, 2.75) is 32.7 Å². The maximum Gasteiger partial charge on any atom is 0.308 e. The minimum atomic E-state index is -0.793. The molecule has 1 rings (SSSR count). The molecule has 0 bridgehead atoms. The molecule has 74 valence electrons.